The second-order valence-corrected chi connectivity index (χ2v) is 9.25. The minimum Gasteiger partial charge on any atom is -0.468 e. The number of nitrogens with one attached hydrogen (secondary N) is 2. The van der Waals surface area contributed by atoms with E-state index in [1.165, 1.54) is 43.5 Å². The van der Waals surface area contributed by atoms with Crippen molar-refractivity contribution in [3.05, 3.63) is 78.0 Å². The van der Waals surface area contributed by atoms with Crippen molar-refractivity contribution in [1.82, 2.24) is 4.72 Å². The molecular formula is C21H19FN2O5S2. The van der Waals surface area contributed by atoms with Gasteiger partial charge in [0.1, 0.15) is 11.6 Å². The number of thioether (sulfide) groups is 1. The Morgan fingerprint density at radius 3 is 2.58 bits per heavy atom. The quantitative estimate of drug-likeness (QED) is 0.370. The average molecular weight is 463 g/mol. The van der Waals surface area contributed by atoms with Gasteiger partial charge in [-0.15, -0.1) is 11.8 Å². The van der Waals surface area contributed by atoms with Gasteiger partial charge in [-0.3, -0.25) is 9.59 Å². The number of halogens is 1. The molecule has 31 heavy (non-hydrogen) atoms. The fourth-order valence-electron chi connectivity index (χ4n) is 2.58. The summed E-state index contributed by atoms with van der Waals surface area (Å²) in [6.45, 7) is 1.34. The fraction of sp³-hybridized carbons (Fsp3) is 0.143. The van der Waals surface area contributed by atoms with Gasteiger partial charge in [0, 0.05) is 16.1 Å². The summed E-state index contributed by atoms with van der Waals surface area (Å²) in [7, 11) is -3.81. The maximum atomic E-state index is 14.1. The summed E-state index contributed by atoms with van der Waals surface area (Å²) in [6, 6.07) is 13.2. The van der Waals surface area contributed by atoms with Crippen LogP contribution < -0.4 is 10.0 Å². The number of ketones is 1. The monoisotopic (exact) mass is 462 g/mol. The molecule has 0 radical (unpaired) electrons. The van der Waals surface area contributed by atoms with Crippen LogP contribution in [0.5, 0.6) is 0 Å². The summed E-state index contributed by atoms with van der Waals surface area (Å²) in [5.74, 6) is -0.890. The highest BCUT2D eigenvalue weighted by atomic mass is 32.2. The van der Waals surface area contributed by atoms with Gasteiger partial charge in [0.15, 0.2) is 5.78 Å². The molecule has 1 heterocycles. The topological polar surface area (TPSA) is 105 Å². The van der Waals surface area contributed by atoms with E-state index in [0.717, 1.165) is 17.8 Å². The van der Waals surface area contributed by atoms with Gasteiger partial charge in [0.05, 0.1) is 23.5 Å². The summed E-state index contributed by atoms with van der Waals surface area (Å²) in [5.41, 5.74) is 0.545. The van der Waals surface area contributed by atoms with Crippen LogP contribution in [-0.2, 0) is 21.4 Å². The SMILES string of the molecule is CC(=O)c1ccc(SCC(=O)Nc2cccc(S(=O)(=O)NCc3ccco3)c2)c(F)c1. The molecule has 2 N–H and O–H groups in total. The van der Waals surface area contributed by atoms with Crippen LogP contribution in [-0.4, -0.2) is 25.9 Å². The summed E-state index contributed by atoms with van der Waals surface area (Å²) in [4.78, 5) is 23.7. The molecule has 162 valence electrons. The zero-order chi connectivity index (χ0) is 22.4. The van der Waals surface area contributed by atoms with Crippen molar-refractivity contribution in [3.63, 3.8) is 0 Å². The lowest BCUT2D eigenvalue weighted by Crippen LogP contribution is -2.23. The van der Waals surface area contributed by atoms with Gasteiger partial charge in [-0.25, -0.2) is 17.5 Å². The van der Waals surface area contributed by atoms with Crippen molar-refractivity contribution >= 4 is 39.2 Å². The van der Waals surface area contributed by atoms with Gasteiger partial charge in [0.2, 0.25) is 15.9 Å². The van der Waals surface area contributed by atoms with Crippen molar-refractivity contribution in [2.75, 3.05) is 11.1 Å². The van der Waals surface area contributed by atoms with Gasteiger partial charge in [-0.1, -0.05) is 12.1 Å². The van der Waals surface area contributed by atoms with Gasteiger partial charge in [-0.2, -0.15) is 0 Å². The third-order valence-electron chi connectivity index (χ3n) is 4.14. The van der Waals surface area contributed by atoms with E-state index in [1.54, 1.807) is 18.2 Å². The zero-order valence-electron chi connectivity index (χ0n) is 16.4. The second kappa shape index (κ2) is 9.90. The maximum Gasteiger partial charge on any atom is 0.241 e. The third kappa shape index (κ3) is 6.27. The molecule has 2 aromatic carbocycles. The van der Waals surface area contributed by atoms with E-state index >= 15 is 0 Å². The normalized spacial score (nSPS) is 11.3. The van der Waals surface area contributed by atoms with E-state index in [2.05, 4.69) is 10.0 Å². The van der Waals surface area contributed by atoms with E-state index in [4.69, 9.17) is 4.42 Å². The molecular weight excluding hydrogens is 443 g/mol. The Morgan fingerprint density at radius 2 is 1.90 bits per heavy atom. The molecule has 0 atom stereocenters. The minimum atomic E-state index is -3.81. The summed E-state index contributed by atoms with van der Waals surface area (Å²) >= 11 is 0.972. The molecule has 7 nitrogen and oxygen atoms in total. The molecule has 0 unspecified atom stereocenters. The van der Waals surface area contributed by atoms with Crippen LogP contribution in [0.1, 0.15) is 23.0 Å². The predicted molar refractivity (Wildman–Crippen MR) is 115 cm³/mol. The number of carbonyl (C=O) groups is 2. The van der Waals surface area contributed by atoms with E-state index in [9.17, 15) is 22.4 Å². The maximum absolute atomic E-state index is 14.1. The molecule has 10 heteroatoms. The van der Waals surface area contributed by atoms with E-state index < -0.39 is 21.7 Å². The molecule has 3 aromatic rings. The van der Waals surface area contributed by atoms with Crippen molar-refractivity contribution < 1.29 is 26.8 Å². The molecule has 0 spiro atoms. The minimum absolute atomic E-state index is 0.00343. The summed E-state index contributed by atoms with van der Waals surface area (Å²) in [5, 5.41) is 2.60. The van der Waals surface area contributed by atoms with Crippen molar-refractivity contribution in [2.45, 2.75) is 23.3 Å². The number of anilines is 1. The first-order chi connectivity index (χ1) is 14.7. The van der Waals surface area contributed by atoms with E-state index in [-0.39, 0.29) is 33.4 Å². The van der Waals surface area contributed by atoms with Gasteiger partial charge in [0.25, 0.3) is 0 Å². The van der Waals surface area contributed by atoms with E-state index in [1.807, 2.05) is 0 Å². The zero-order valence-corrected chi connectivity index (χ0v) is 18.1. The van der Waals surface area contributed by atoms with Crippen molar-refractivity contribution in [3.8, 4) is 0 Å². The second-order valence-electron chi connectivity index (χ2n) is 6.47. The standard InChI is InChI=1S/C21H19FN2O5S2/c1-14(25)15-7-8-20(19(22)10-15)30-13-21(26)24-16-4-2-6-18(11-16)31(27,28)23-12-17-5-3-9-29-17/h2-11,23H,12-13H2,1H3,(H,24,26). The lowest BCUT2D eigenvalue weighted by atomic mass is 10.1. The Morgan fingerprint density at radius 1 is 1.10 bits per heavy atom. The Balaban J connectivity index is 1.60. The number of sulfonamides is 1. The van der Waals surface area contributed by atoms with Crippen molar-refractivity contribution in [2.24, 2.45) is 0 Å². The number of rotatable bonds is 9. The Hall–Kier alpha value is -2.95. The number of furan rings is 1. The van der Waals surface area contributed by atoms with Crippen LogP contribution in [0.3, 0.4) is 0 Å². The number of amides is 1. The average Bonchev–Trinajstić information content (AvgIpc) is 3.25. The molecule has 0 aliphatic carbocycles. The number of Topliss-reactive ketones (excluding diaryl/α,β-unsaturated/α-hetero) is 1. The fourth-order valence-corrected chi connectivity index (χ4v) is 4.34. The van der Waals surface area contributed by atoms with Crippen LogP contribution in [0.15, 0.2) is 75.1 Å². The molecule has 0 saturated heterocycles. The molecule has 3 rings (SSSR count). The van der Waals surface area contributed by atoms with Gasteiger partial charge in [-0.05, 0) is 49.4 Å². The highest BCUT2D eigenvalue weighted by molar-refractivity contribution is 8.00. The third-order valence-corrected chi connectivity index (χ3v) is 6.59. The predicted octanol–water partition coefficient (Wildman–Crippen LogP) is 3.83. The van der Waals surface area contributed by atoms with Crippen molar-refractivity contribution in [1.29, 1.82) is 0 Å². The van der Waals surface area contributed by atoms with Crippen LogP contribution >= 0.6 is 11.8 Å². The Labute approximate surface area is 183 Å². The first-order valence-corrected chi connectivity index (χ1v) is 11.6. The lowest BCUT2D eigenvalue weighted by Gasteiger charge is -2.09. The van der Waals surface area contributed by atoms with Gasteiger partial charge >= 0.3 is 0 Å². The first-order valence-electron chi connectivity index (χ1n) is 9.10. The lowest BCUT2D eigenvalue weighted by molar-refractivity contribution is -0.113. The molecule has 1 amide bonds. The number of hydrogen-bond donors (Lipinski definition) is 2. The molecule has 0 aliphatic heterocycles. The summed E-state index contributed by atoms with van der Waals surface area (Å²) in [6.07, 6.45) is 1.45. The Kier molecular flexibility index (Phi) is 7.26. The summed E-state index contributed by atoms with van der Waals surface area (Å²) < 4.78 is 46.5. The molecule has 0 aliphatic rings. The van der Waals surface area contributed by atoms with E-state index in [0.29, 0.717) is 11.4 Å². The molecule has 1 aromatic heterocycles. The highest BCUT2D eigenvalue weighted by Crippen LogP contribution is 2.23. The van der Waals surface area contributed by atoms with Crippen LogP contribution in [0.2, 0.25) is 0 Å². The highest BCUT2D eigenvalue weighted by Gasteiger charge is 2.16. The largest absolute Gasteiger partial charge is 0.468 e. The molecule has 0 fully saturated rings. The molecule has 0 bridgehead atoms. The number of carbonyl (C=O) groups excluding carboxylic acids is 2. The van der Waals surface area contributed by atoms with Gasteiger partial charge < -0.3 is 9.73 Å². The molecule has 0 saturated carbocycles. The van der Waals surface area contributed by atoms with Crippen LogP contribution in [0, 0.1) is 5.82 Å². The number of benzene rings is 2. The number of hydrogen-bond acceptors (Lipinski definition) is 6. The smallest absolute Gasteiger partial charge is 0.241 e. The van der Waals surface area contributed by atoms with Crippen LogP contribution in [0.4, 0.5) is 10.1 Å². The van der Waals surface area contributed by atoms with Crippen LogP contribution in [0.25, 0.3) is 0 Å². The first kappa shape index (κ1) is 22.7. The Bertz CT molecular complexity index is 1190.